The zero-order valence-electron chi connectivity index (χ0n) is 12.2. The third-order valence-corrected chi connectivity index (χ3v) is 4.07. The lowest BCUT2D eigenvalue weighted by Crippen LogP contribution is -2.15. The number of pyridine rings is 1. The van der Waals surface area contributed by atoms with Crippen molar-refractivity contribution in [3.8, 4) is 0 Å². The molecule has 21 heavy (non-hydrogen) atoms. The number of aryl methyl sites for hydroxylation is 1. The quantitative estimate of drug-likeness (QED) is 0.829. The molecule has 0 aliphatic heterocycles. The number of fused-ring (bicyclic) bond motifs is 2. The topological polar surface area (TPSA) is 68.0 Å². The summed E-state index contributed by atoms with van der Waals surface area (Å²) < 4.78 is 0. The van der Waals surface area contributed by atoms with Crippen molar-refractivity contribution in [1.82, 2.24) is 4.98 Å². The molecule has 1 aliphatic rings. The predicted octanol–water partition coefficient (Wildman–Crippen LogP) is 2.79. The maximum Gasteiger partial charge on any atom is 0.217 e. The van der Waals surface area contributed by atoms with Crippen molar-refractivity contribution in [1.29, 1.82) is 0 Å². The molecule has 0 saturated carbocycles. The van der Waals surface area contributed by atoms with E-state index in [0.717, 1.165) is 31.3 Å². The van der Waals surface area contributed by atoms with Gasteiger partial charge in [-0.25, -0.2) is 0 Å². The van der Waals surface area contributed by atoms with E-state index in [9.17, 15) is 4.79 Å². The lowest BCUT2D eigenvalue weighted by atomic mass is 9.92. The summed E-state index contributed by atoms with van der Waals surface area (Å²) in [6.07, 6.45) is 5.79. The number of nitrogens with zero attached hydrogens (tertiary/aromatic N) is 1. The number of aromatic nitrogens is 1. The van der Waals surface area contributed by atoms with E-state index in [4.69, 9.17) is 10.7 Å². The van der Waals surface area contributed by atoms with Gasteiger partial charge in [0.25, 0.3) is 0 Å². The number of rotatable bonds is 5. The first-order valence-corrected chi connectivity index (χ1v) is 7.68. The Morgan fingerprint density at radius 1 is 1.24 bits per heavy atom. The van der Waals surface area contributed by atoms with Gasteiger partial charge in [0.05, 0.1) is 5.52 Å². The van der Waals surface area contributed by atoms with Gasteiger partial charge in [0.2, 0.25) is 5.91 Å². The molecule has 0 atom stereocenters. The number of para-hydroxylation sites is 1. The highest BCUT2D eigenvalue weighted by molar-refractivity contribution is 5.93. The minimum atomic E-state index is -0.238. The highest BCUT2D eigenvalue weighted by Gasteiger charge is 2.17. The first-order valence-electron chi connectivity index (χ1n) is 7.68. The molecule has 1 amide bonds. The van der Waals surface area contributed by atoms with Gasteiger partial charge in [0.15, 0.2) is 0 Å². The van der Waals surface area contributed by atoms with Crippen LogP contribution in [0.2, 0.25) is 0 Å². The summed E-state index contributed by atoms with van der Waals surface area (Å²) in [7, 11) is 0. The molecule has 3 N–H and O–H groups in total. The van der Waals surface area contributed by atoms with E-state index < -0.39 is 0 Å². The first kappa shape index (κ1) is 13.9. The van der Waals surface area contributed by atoms with Gasteiger partial charge in [0.1, 0.15) is 0 Å². The summed E-state index contributed by atoms with van der Waals surface area (Å²) in [5.41, 5.74) is 10.1. The van der Waals surface area contributed by atoms with Crippen LogP contribution in [0.3, 0.4) is 0 Å². The number of anilines is 1. The number of amides is 1. The summed E-state index contributed by atoms with van der Waals surface area (Å²) >= 11 is 0. The second-order valence-corrected chi connectivity index (χ2v) is 5.63. The number of hydrogen-bond acceptors (Lipinski definition) is 3. The molecule has 0 saturated heterocycles. The van der Waals surface area contributed by atoms with Gasteiger partial charge >= 0.3 is 0 Å². The van der Waals surface area contributed by atoms with Crippen molar-refractivity contribution in [2.75, 3.05) is 11.9 Å². The molecule has 1 heterocycles. The number of hydrogen-bond donors (Lipinski definition) is 2. The third kappa shape index (κ3) is 2.99. The van der Waals surface area contributed by atoms with Crippen LogP contribution in [-0.2, 0) is 17.6 Å². The van der Waals surface area contributed by atoms with Crippen molar-refractivity contribution in [3.63, 3.8) is 0 Å². The Hall–Kier alpha value is -2.10. The summed E-state index contributed by atoms with van der Waals surface area (Å²) in [5.74, 6) is -0.238. The van der Waals surface area contributed by atoms with Crippen molar-refractivity contribution < 1.29 is 4.79 Å². The molecule has 4 heteroatoms. The van der Waals surface area contributed by atoms with Crippen LogP contribution in [-0.4, -0.2) is 17.4 Å². The lowest BCUT2D eigenvalue weighted by molar-refractivity contribution is -0.118. The van der Waals surface area contributed by atoms with Gasteiger partial charge < -0.3 is 11.1 Å². The normalized spacial score (nSPS) is 13.9. The first-order chi connectivity index (χ1) is 10.3. The maximum absolute atomic E-state index is 10.8. The van der Waals surface area contributed by atoms with Crippen molar-refractivity contribution >= 4 is 22.5 Å². The summed E-state index contributed by atoms with van der Waals surface area (Å²) in [5, 5.41) is 4.70. The number of nitrogens with one attached hydrogen (secondary N) is 1. The molecule has 110 valence electrons. The van der Waals surface area contributed by atoms with E-state index >= 15 is 0 Å². The highest BCUT2D eigenvalue weighted by Crippen LogP contribution is 2.33. The Morgan fingerprint density at radius 2 is 2.05 bits per heavy atom. The summed E-state index contributed by atoms with van der Waals surface area (Å²) in [6, 6.07) is 8.27. The number of carbonyl (C=O) groups is 1. The fourth-order valence-corrected chi connectivity index (χ4v) is 3.05. The predicted molar refractivity (Wildman–Crippen MR) is 85.3 cm³/mol. The van der Waals surface area contributed by atoms with Gasteiger partial charge in [-0.2, -0.15) is 0 Å². The Morgan fingerprint density at radius 3 is 2.90 bits per heavy atom. The standard InChI is InChI=1S/C17H21N3O/c18-16(21)10-5-11-19-17-12-6-1-3-8-14(12)20-15-9-4-2-7-13(15)17/h1,3,6,8H,2,4-5,7,9-11H2,(H2,18,21)(H,19,20). The van der Waals surface area contributed by atoms with Crippen LogP contribution >= 0.6 is 0 Å². The van der Waals surface area contributed by atoms with E-state index in [2.05, 4.69) is 17.4 Å². The van der Waals surface area contributed by atoms with E-state index in [1.807, 2.05) is 12.1 Å². The Labute approximate surface area is 124 Å². The molecule has 0 bridgehead atoms. The summed E-state index contributed by atoms with van der Waals surface area (Å²) in [6.45, 7) is 0.767. The molecule has 4 nitrogen and oxygen atoms in total. The van der Waals surface area contributed by atoms with Gasteiger partial charge in [-0.15, -0.1) is 0 Å². The number of primary amides is 1. The van der Waals surface area contributed by atoms with Gasteiger partial charge in [-0.1, -0.05) is 18.2 Å². The van der Waals surface area contributed by atoms with Gasteiger partial charge in [-0.05, 0) is 43.7 Å². The van der Waals surface area contributed by atoms with Gasteiger partial charge in [-0.3, -0.25) is 9.78 Å². The van der Waals surface area contributed by atoms with Crippen LogP contribution in [0, 0.1) is 0 Å². The van der Waals surface area contributed by atoms with E-state index in [1.54, 1.807) is 0 Å². The van der Waals surface area contributed by atoms with E-state index in [1.165, 1.54) is 35.2 Å². The second kappa shape index (κ2) is 6.12. The lowest BCUT2D eigenvalue weighted by Gasteiger charge is -2.21. The SMILES string of the molecule is NC(=O)CCCNc1c2c(nc3ccccc13)CCCC2. The largest absolute Gasteiger partial charge is 0.384 e. The van der Waals surface area contributed by atoms with Crippen LogP contribution < -0.4 is 11.1 Å². The molecular formula is C17H21N3O. The molecule has 0 spiro atoms. The number of nitrogens with two attached hydrogens (primary N) is 1. The minimum absolute atomic E-state index is 0.238. The fraction of sp³-hybridized carbons (Fsp3) is 0.412. The molecule has 1 aliphatic carbocycles. The van der Waals surface area contributed by atoms with Crippen LogP contribution in [0.4, 0.5) is 5.69 Å². The maximum atomic E-state index is 10.8. The van der Waals surface area contributed by atoms with Crippen LogP contribution in [0.1, 0.15) is 36.9 Å². The molecule has 0 fully saturated rings. The molecule has 0 unspecified atom stereocenters. The van der Waals surface area contributed by atoms with Crippen LogP contribution in [0.5, 0.6) is 0 Å². The monoisotopic (exact) mass is 283 g/mol. The van der Waals surface area contributed by atoms with Gasteiger partial charge in [0, 0.05) is 29.7 Å². The van der Waals surface area contributed by atoms with E-state index in [0.29, 0.717) is 6.42 Å². The van der Waals surface area contributed by atoms with Crippen molar-refractivity contribution in [2.24, 2.45) is 5.73 Å². The fourth-order valence-electron chi connectivity index (χ4n) is 3.05. The Balaban J connectivity index is 1.92. The zero-order valence-corrected chi connectivity index (χ0v) is 12.2. The highest BCUT2D eigenvalue weighted by atomic mass is 16.1. The molecule has 0 radical (unpaired) electrons. The molecular weight excluding hydrogens is 262 g/mol. The molecule has 1 aromatic carbocycles. The minimum Gasteiger partial charge on any atom is -0.384 e. The Bertz CT molecular complexity index is 666. The second-order valence-electron chi connectivity index (χ2n) is 5.63. The zero-order chi connectivity index (χ0) is 14.7. The Kier molecular flexibility index (Phi) is 4.04. The van der Waals surface area contributed by atoms with Crippen molar-refractivity contribution in [3.05, 3.63) is 35.5 Å². The third-order valence-electron chi connectivity index (χ3n) is 4.07. The molecule has 2 aromatic rings. The van der Waals surface area contributed by atoms with E-state index in [-0.39, 0.29) is 5.91 Å². The van der Waals surface area contributed by atoms with Crippen LogP contribution in [0.15, 0.2) is 24.3 Å². The molecule has 3 rings (SSSR count). The summed E-state index contributed by atoms with van der Waals surface area (Å²) in [4.78, 5) is 15.7. The average molecular weight is 283 g/mol. The number of benzene rings is 1. The number of carbonyl (C=O) groups excluding carboxylic acids is 1. The molecule has 1 aromatic heterocycles. The van der Waals surface area contributed by atoms with Crippen LogP contribution in [0.25, 0.3) is 10.9 Å². The average Bonchev–Trinajstić information content (AvgIpc) is 2.50. The smallest absolute Gasteiger partial charge is 0.217 e. The van der Waals surface area contributed by atoms with Crippen molar-refractivity contribution in [2.45, 2.75) is 38.5 Å².